The second kappa shape index (κ2) is 18.3. The van der Waals surface area contributed by atoms with Crippen LogP contribution in [0.3, 0.4) is 0 Å². The largest absolute Gasteiger partial charge is 0.386 e. The van der Waals surface area contributed by atoms with Crippen LogP contribution in [0, 0.1) is 37.5 Å². The molecule has 4 aliphatic rings. The summed E-state index contributed by atoms with van der Waals surface area (Å²) in [7, 11) is 3.99. The summed E-state index contributed by atoms with van der Waals surface area (Å²) < 4.78 is 20.6. The van der Waals surface area contributed by atoms with Crippen LogP contribution in [0.5, 0.6) is 0 Å². The molecule has 0 amide bonds. The molecule has 2 saturated carbocycles. The first-order valence-corrected chi connectivity index (χ1v) is 26.1. The van der Waals surface area contributed by atoms with Gasteiger partial charge in [0.2, 0.25) is 0 Å². The number of hydrogen-bond donors (Lipinski definition) is 2. The summed E-state index contributed by atoms with van der Waals surface area (Å²) in [6, 6.07) is 18.2. The number of rotatable bonds is 12. The summed E-state index contributed by atoms with van der Waals surface area (Å²) >= 11 is 0. The molecule has 2 atom stereocenters. The summed E-state index contributed by atoms with van der Waals surface area (Å²) in [5.41, 5.74) is 13.6. The third-order valence-corrected chi connectivity index (χ3v) is 16.3. The average molecular weight is 945 g/mol. The standard InChI is InChI=1S/2C29H36N4O2/c2*1-18-16-31-32(4)28(18)21-14-26-27(30-17-21)23-8-7-22(29(2,3)34)15-25(23)33(26)24(13-19-5-6-19)20-9-11-35-12-10-20/h2*7-8,14-17,19-20,24,34H,5-6,9-13H2,1-4H3. The Kier molecular flexibility index (Phi) is 12.3. The van der Waals surface area contributed by atoms with Gasteiger partial charge in [-0.1, -0.05) is 49.9 Å². The van der Waals surface area contributed by atoms with Gasteiger partial charge in [-0.3, -0.25) is 19.3 Å². The smallest absolute Gasteiger partial charge is 0.0960 e. The topological polar surface area (TPSA) is 130 Å². The predicted molar refractivity (Wildman–Crippen MR) is 279 cm³/mol. The number of nitrogens with zero attached hydrogens (tertiary/aromatic N) is 8. The van der Waals surface area contributed by atoms with Crippen LogP contribution >= 0.6 is 0 Å². The fourth-order valence-electron chi connectivity index (χ4n) is 12.1. The summed E-state index contributed by atoms with van der Waals surface area (Å²) in [6.07, 6.45) is 19.9. The summed E-state index contributed by atoms with van der Waals surface area (Å²) in [6.45, 7) is 15.0. The second-order valence-electron chi connectivity index (χ2n) is 22.5. The maximum absolute atomic E-state index is 10.8. The number of ether oxygens (including phenoxy) is 2. The number of pyridine rings is 2. The van der Waals surface area contributed by atoms with Gasteiger partial charge < -0.3 is 28.8 Å². The van der Waals surface area contributed by atoms with Crippen LogP contribution in [0.15, 0.2) is 73.3 Å². The van der Waals surface area contributed by atoms with Crippen molar-refractivity contribution in [2.45, 2.75) is 129 Å². The fraction of sp³-hybridized carbons (Fsp3) is 0.517. The Balaban J connectivity index is 0.000000152. The van der Waals surface area contributed by atoms with Crippen molar-refractivity contribution in [3.63, 3.8) is 0 Å². The van der Waals surface area contributed by atoms with Gasteiger partial charge in [-0.2, -0.15) is 10.2 Å². The molecule has 368 valence electrons. The van der Waals surface area contributed by atoms with Crippen LogP contribution in [0.2, 0.25) is 0 Å². The molecule has 2 saturated heterocycles. The van der Waals surface area contributed by atoms with Crippen molar-refractivity contribution in [1.29, 1.82) is 0 Å². The molecule has 2 unspecified atom stereocenters. The Morgan fingerprint density at radius 3 is 1.26 bits per heavy atom. The van der Waals surface area contributed by atoms with Crippen LogP contribution in [0.1, 0.15) is 126 Å². The monoisotopic (exact) mass is 945 g/mol. The minimum atomic E-state index is -0.898. The first-order valence-electron chi connectivity index (χ1n) is 26.1. The molecule has 12 nitrogen and oxygen atoms in total. The van der Waals surface area contributed by atoms with Gasteiger partial charge in [0.05, 0.1) is 68.1 Å². The van der Waals surface area contributed by atoms with Gasteiger partial charge in [0, 0.05) is 86.9 Å². The number of aliphatic hydroxyl groups is 2. The molecule has 2 N–H and O–H groups in total. The fourth-order valence-corrected chi connectivity index (χ4v) is 12.1. The zero-order valence-electron chi connectivity index (χ0n) is 42.6. The summed E-state index contributed by atoms with van der Waals surface area (Å²) in [5, 5.41) is 32.9. The van der Waals surface area contributed by atoms with Gasteiger partial charge in [-0.05, 0) is 150 Å². The molecule has 8 heterocycles. The zero-order chi connectivity index (χ0) is 48.6. The minimum Gasteiger partial charge on any atom is -0.386 e. The number of benzene rings is 2. The molecule has 2 aliphatic carbocycles. The highest BCUT2D eigenvalue weighted by atomic mass is 16.5. The van der Waals surface area contributed by atoms with E-state index in [1.165, 1.54) is 60.6 Å². The molecular weight excluding hydrogens is 873 g/mol. The number of fused-ring (bicyclic) bond motifs is 6. The minimum absolute atomic E-state index is 0.396. The lowest BCUT2D eigenvalue weighted by Crippen LogP contribution is -2.26. The van der Waals surface area contributed by atoms with E-state index in [0.29, 0.717) is 23.9 Å². The first-order chi connectivity index (χ1) is 33.6. The van der Waals surface area contributed by atoms with Gasteiger partial charge in [0.25, 0.3) is 0 Å². The number of aryl methyl sites for hydroxylation is 4. The van der Waals surface area contributed by atoms with Gasteiger partial charge in [-0.15, -0.1) is 0 Å². The van der Waals surface area contributed by atoms with E-state index >= 15 is 0 Å². The van der Waals surface area contributed by atoms with E-state index in [4.69, 9.17) is 19.4 Å². The Labute approximate surface area is 412 Å². The van der Waals surface area contributed by atoms with Crippen molar-refractivity contribution in [3.8, 4) is 22.5 Å². The molecule has 12 heteroatoms. The molecule has 2 aliphatic heterocycles. The molecule has 2 aromatic carbocycles. The molecule has 6 aromatic heterocycles. The van der Waals surface area contributed by atoms with Crippen LogP contribution in [-0.4, -0.2) is 75.3 Å². The maximum Gasteiger partial charge on any atom is 0.0960 e. The quantitative estimate of drug-likeness (QED) is 0.124. The van der Waals surface area contributed by atoms with E-state index in [1.54, 1.807) is 0 Å². The van der Waals surface area contributed by atoms with Crippen molar-refractivity contribution in [1.82, 2.24) is 38.7 Å². The molecule has 12 rings (SSSR count). The molecule has 8 aromatic rings. The predicted octanol–water partition coefficient (Wildman–Crippen LogP) is 11.8. The van der Waals surface area contributed by atoms with Gasteiger partial charge in [0.15, 0.2) is 0 Å². The highest BCUT2D eigenvalue weighted by Crippen LogP contribution is 2.48. The SMILES string of the molecule is Cc1cnn(C)c1-c1cnc2c3ccc(C(C)(C)O)cc3n(C(CC3CC3)C3CCOCC3)c2c1.Cc1cnn(C)c1-c1cnc2c3ccc(C(C)(C)O)cc3n(C(CC3CC3)C3CCOCC3)c2c1. The Bertz CT molecular complexity index is 2940. The van der Waals surface area contributed by atoms with Crippen molar-refractivity contribution < 1.29 is 19.7 Å². The van der Waals surface area contributed by atoms with E-state index < -0.39 is 11.2 Å². The lowest BCUT2D eigenvalue weighted by atomic mass is 9.87. The van der Waals surface area contributed by atoms with Crippen molar-refractivity contribution in [2.75, 3.05) is 26.4 Å². The third-order valence-electron chi connectivity index (χ3n) is 16.3. The Hall–Kier alpha value is -5.40. The normalized spacial score (nSPS) is 18.5. The first kappa shape index (κ1) is 47.0. The van der Waals surface area contributed by atoms with E-state index in [2.05, 4.69) is 81.7 Å². The number of hydrogen-bond acceptors (Lipinski definition) is 8. The van der Waals surface area contributed by atoms with E-state index in [9.17, 15) is 10.2 Å². The van der Waals surface area contributed by atoms with Gasteiger partial charge in [0.1, 0.15) is 0 Å². The second-order valence-corrected chi connectivity index (χ2v) is 22.5. The lowest BCUT2D eigenvalue weighted by Gasteiger charge is -2.33. The Morgan fingerprint density at radius 1 is 0.543 bits per heavy atom. The van der Waals surface area contributed by atoms with Gasteiger partial charge >= 0.3 is 0 Å². The molecular formula is C58H72N8O4. The third kappa shape index (κ3) is 8.98. The molecule has 70 heavy (non-hydrogen) atoms. The molecule has 4 fully saturated rings. The van der Waals surface area contributed by atoms with Crippen LogP contribution in [-0.2, 0) is 34.8 Å². The van der Waals surface area contributed by atoms with E-state index in [0.717, 1.165) is 131 Å². The van der Waals surface area contributed by atoms with Crippen molar-refractivity contribution >= 4 is 43.9 Å². The molecule has 0 bridgehead atoms. The summed E-state index contributed by atoms with van der Waals surface area (Å²) in [4.78, 5) is 10.1. The lowest BCUT2D eigenvalue weighted by molar-refractivity contribution is 0.0474. The van der Waals surface area contributed by atoms with Crippen molar-refractivity contribution in [2.24, 2.45) is 37.8 Å². The van der Waals surface area contributed by atoms with Gasteiger partial charge in [-0.25, -0.2) is 0 Å². The van der Waals surface area contributed by atoms with E-state index in [1.807, 2.05) is 75.9 Å². The highest BCUT2D eigenvalue weighted by molar-refractivity contribution is 6.08. The Morgan fingerprint density at radius 2 is 0.929 bits per heavy atom. The number of aromatic nitrogens is 8. The van der Waals surface area contributed by atoms with Crippen LogP contribution in [0.4, 0.5) is 0 Å². The van der Waals surface area contributed by atoms with E-state index in [-0.39, 0.29) is 0 Å². The van der Waals surface area contributed by atoms with Crippen LogP contribution in [0.25, 0.3) is 66.4 Å². The zero-order valence-corrected chi connectivity index (χ0v) is 42.6. The summed E-state index contributed by atoms with van der Waals surface area (Å²) in [5.74, 6) is 2.78. The highest BCUT2D eigenvalue weighted by Gasteiger charge is 2.36. The van der Waals surface area contributed by atoms with Crippen LogP contribution < -0.4 is 0 Å². The van der Waals surface area contributed by atoms with Crippen molar-refractivity contribution in [3.05, 3.63) is 95.6 Å². The average Bonchev–Trinajstić information content (AvgIpc) is 4.24. The molecule has 0 radical (unpaired) electrons. The maximum atomic E-state index is 10.8. The molecule has 0 spiro atoms.